The number of carbonyl (C=O) groups excluding carboxylic acids is 2. The van der Waals surface area contributed by atoms with Gasteiger partial charge in [-0.2, -0.15) is 0 Å². The van der Waals surface area contributed by atoms with Crippen LogP contribution in [0, 0.1) is 5.92 Å². The standard InChI is InChI=1S/C18H25N3O2.ClH/c22-17(15-9-10-19-13-15)20-16-7-5-14(6-8-16)18(23)21-11-3-1-2-4-12-21;/h5-8,15,19H,1-4,9-13H2,(H,20,22);1H. The zero-order valence-corrected chi connectivity index (χ0v) is 14.7. The Kier molecular flexibility index (Phi) is 7.06. The van der Waals surface area contributed by atoms with Crippen LogP contribution in [0.5, 0.6) is 0 Å². The summed E-state index contributed by atoms with van der Waals surface area (Å²) < 4.78 is 0. The Balaban J connectivity index is 0.00000208. The summed E-state index contributed by atoms with van der Waals surface area (Å²) in [7, 11) is 0. The molecule has 0 spiro atoms. The number of halogens is 1. The molecular weight excluding hydrogens is 326 g/mol. The molecule has 132 valence electrons. The molecule has 2 saturated heterocycles. The Labute approximate surface area is 149 Å². The molecule has 0 aliphatic carbocycles. The summed E-state index contributed by atoms with van der Waals surface area (Å²) in [4.78, 5) is 26.6. The topological polar surface area (TPSA) is 61.4 Å². The molecule has 1 aromatic carbocycles. The van der Waals surface area contributed by atoms with Crippen LogP contribution in [0.4, 0.5) is 5.69 Å². The van der Waals surface area contributed by atoms with Gasteiger partial charge >= 0.3 is 0 Å². The summed E-state index contributed by atoms with van der Waals surface area (Å²) in [5, 5.41) is 6.13. The lowest BCUT2D eigenvalue weighted by Crippen LogP contribution is -2.31. The number of amides is 2. The van der Waals surface area contributed by atoms with Crippen molar-refractivity contribution in [3.63, 3.8) is 0 Å². The van der Waals surface area contributed by atoms with Crippen LogP contribution in [0.2, 0.25) is 0 Å². The first-order valence-corrected chi connectivity index (χ1v) is 8.65. The van der Waals surface area contributed by atoms with E-state index in [1.165, 1.54) is 12.8 Å². The van der Waals surface area contributed by atoms with Gasteiger partial charge < -0.3 is 15.5 Å². The van der Waals surface area contributed by atoms with Gasteiger partial charge in [0.1, 0.15) is 0 Å². The fourth-order valence-electron chi connectivity index (χ4n) is 3.28. The minimum absolute atomic E-state index is 0. The van der Waals surface area contributed by atoms with Gasteiger partial charge in [-0.3, -0.25) is 9.59 Å². The molecule has 1 unspecified atom stereocenters. The van der Waals surface area contributed by atoms with E-state index in [4.69, 9.17) is 0 Å². The highest BCUT2D eigenvalue weighted by atomic mass is 35.5. The highest BCUT2D eigenvalue weighted by Gasteiger charge is 2.22. The van der Waals surface area contributed by atoms with Crippen molar-refractivity contribution in [2.24, 2.45) is 5.92 Å². The van der Waals surface area contributed by atoms with E-state index < -0.39 is 0 Å². The van der Waals surface area contributed by atoms with E-state index in [1.807, 2.05) is 29.2 Å². The number of anilines is 1. The van der Waals surface area contributed by atoms with Gasteiger partial charge in [-0.05, 0) is 50.1 Å². The van der Waals surface area contributed by atoms with Crippen LogP contribution in [-0.4, -0.2) is 42.9 Å². The molecule has 1 aromatic rings. The van der Waals surface area contributed by atoms with Gasteiger partial charge in [-0.15, -0.1) is 12.4 Å². The van der Waals surface area contributed by atoms with Crippen LogP contribution < -0.4 is 10.6 Å². The van der Waals surface area contributed by atoms with Crippen LogP contribution in [-0.2, 0) is 4.79 Å². The van der Waals surface area contributed by atoms with E-state index in [2.05, 4.69) is 10.6 Å². The third kappa shape index (κ3) is 4.71. The van der Waals surface area contributed by atoms with Gasteiger partial charge in [-0.25, -0.2) is 0 Å². The summed E-state index contributed by atoms with van der Waals surface area (Å²) >= 11 is 0. The van der Waals surface area contributed by atoms with E-state index in [0.29, 0.717) is 5.56 Å². The van der Waals surface area contributed by atoms with E-state index in [-0.39, 0.29) is 30.1 Å². The molecule has 2 amide bonds. The first-order chi connectivity index (χ1) is 11.2. The predicted octanol–water partition coefficient (Wildman–Crippen LogP) is 2.67. The maximum absolute atomic E-state index is 12.5. The molecular formula is C18H26ClN3O2. The van der Waals surface area contributed by atoms with Gasteiger partial charge in [-0.1, -0.05) is 12.8 Å². The monoisotopic (exact) mass is 351 g/mol. The first-order valence-electron chi connectivity index (χ1n) is 8.65. The third-order valence-electron chi connectivity index (χ3n) is 4.72. The van der Waals surface area contributed by atoms with Crippen molar-refractivity contribution in [1.29, 1.82) is 0 Å². The molecule has 5 nitrogen and oxygen atoms in total. The number of rotatable bonds is 3. The van der Waals surface area contributed by atoms with Crippen molar-refractivity contribution >= 4 is 29.9 Å². The van der Waals surface area contributed by atoms with Gasteiger partial charge in [0, 0.05) is 30.9 Å². The van der Waals surface area contributed by atoms with Crippen molar-refractivity contribution in [3.05, 3.63) is 29.8 Å². The maximum Gasteiger partial charge on any atom is 0.253 e. The van der Waals surface area contributed by atoms with E-state index >= 15 is 0 Å². The van der Waals surface area contributed by atoms with Gasteiger partial charge in [0.05, 0.1) is 5.92 Å². The Morgan fingerprint density at radius 3 is 2.29 bits per heavy atom. The van der Waals surface area contributed by atoms with Crippen molar-refractivity contribution in [2.45, 2.75) is 32.1 Å². The molecule has 2 heterocycles. The Hall–Kier alpha value is -1.59. The summed E-state index contributed by atoms with van der Waals surface area (Å²) in [6, 6.07) is 7.28. The van der Waals surface area contributed by atoms with Crippen molar-refractivity contribution in [1.82, 2.24) is 10.2 Å². The Bertz CT molecular complexity index is 548. The summed E-state index contributed by atoms with van der Waals surface area (Å²) in [6.45, 7) is 3.36. The molecule has 0 radical (unpaired) electrons. The number of nitrogens with zero attached hydrogens (tertiary/aromatic N) is 1. The average molecular weight is 352 g/mol. The highest BCUT2D eigenvalue weighted by Crippen LogP contribution is 2.17. The molecule has 2 aliphatic heterocycles. The number of nitrogens with one attached hydrogen (secondary N) is 2. The van der Waals surface area contributed by atoms with Gasteiger partial charge in [0.25, 0.3) is 5.91 Å². The highest BCUT2D eigenvalue weighted by molar-refractivity contribution is 5.96. The largest absolute Gasteiger partial charge is 0.339 e. The van der Waals surface area contributed by atoms with Gasteiger partial charge in [0.2, 0.25) is 5.91 Å². The number of hydrogen-bond acceptors (Lipinski definition) is 3. The Morgan fingerprint density at radius 1 is 1.04 bits per heavy atom. The molecule has 2 fully saturated rings. The molecule has 1 atom stereocenters. The SMILES string of the molecule is Cl.O=C(Nc1ccc(C(=O)N2CCCCCC2)cc1)C1CCNC1. The Morgan fingerprint density at radius 2 is 1.71 bits per heavy atom. The van der Waals surface area contributed by atoms with Crippen LogP contribution in [0.25, 0.3) is 0 Å². The minimum atomic E-state index is 0. The minimum Gasteiger partial charge on any atom is -0.339 e. The average Bonchev–Trinajstić information content (AvgIpc) is 2.98. The van der Waals surface area contributed by atoms with Crippen LogP contribution >= 0.6 is 12.4 Å². The maximum atomic E-state index is 12.5. The van der Waals surface area contributed by atoms with Crippen molar-refractivity contribution < 1.29 is 9.59 Å². The second-order valence-corrected chi connectivity index (χ2v) is 6.46. The van der Waals surface area contributed by atoms with Crippen LogP contribution in [0.1, 0.15) is 42.5 Å². The molecule has 2 aliphatic rings. The fraction of sp³-hybridized carbons (Fsp3) is 0.556. The molecule has 0 aromatic heterocycles. The van der Waals surface area contributed by atoms with E-state index in [0.717, 1.165) is 51.1 Å². The van der Waals surface area contributed by atoms with Crippen molar-refractivity contribution in [2.75, 3.05) is 31.5 Å². The second-order valence-electron chi connectivity index (χ2n) is 6.46. The normalized spacial score (nSPS) is 20.8. The van der Waals surface area contributed by atoms with Gasteiger partial charge in [0.15, 0.2) is 0 Å². The van der Waals surface area contributed by atoms with Crippen LogP contribution in [0.3, 0.4) is 0 Å². The molecule has 2 N–H and O–H groups in total. The lowest BCUT2D eigenvalue weighted by Gasteiger charge is -2.20. The smallest absolute Gasteiger partial charge is 0.253 e. The second kappa shape index (κ2) is 9.04. The first kappa shape index (κ1) is 18.7. The van der Waals surface area contributed by atoms with E-state index in [1.54, 1.807) is 0 Å². The number of likely N-dealkylation sites (tertiary alicyclic amines) is 1. The predicted molar refractivity (Wildman–Crippen MR) is 97.7 cm³/mol. The quantitative estimate of drug-likeness (QED) is 0.880. The number of carbonyl (C=O) groups is 2. The molecule has 6 heteroatoms. The lowest BCUT2D eigenvalue weighted by molar-refractivity contribution is -0.119. The lowest BCUT2D eigenvalue weighted by atomic mass is 10.1. The number of hydrogen-bond donors (Lipinski definition) is 2. The molecule has 0 bridgehead atoms. The molecule has 0 saturated carbocycles. The number of benzene rings is 1. The van der Waals surface area contributed by atoms with Crippen molar-refractivity contribution in [3.8, 4) is 0 Å². The fourth-order valence-corrected chi connectivity index (χ4v) is 3.28. The summed E-state index contributed by atoms with van der Waals surface area (Å²) in [6.07, 6.45) is 5.50. The molecule has 24 heavy (non-hydrogen) atoms. The molecule has 3 rings (SSSR count). The zero-order chi connectivity index (χ0) is 16.1. The zero-order valence-electron chi connectivity index (χ0n) is 13.9. The summed E-state index contributed by atoms with van der Waals surface area (Å²) in [5.41, 5.74) is 1.46. The third-order valence-corrected chi connectivity index (χ3v) is 4.72. The van der Waals surface area contributed by atoms with E-state index in [9.17, 15) is 9.59 Å². The van der Waals surface area contributed by atoms with Crippen LogP contribution in [0.15, 0.2) is 24.3 Å². The summed E-state index contributed by atoms with van der Waals surface area (Å²) in [5.74, 6) is 0.208.